The zero-order chi connectivity index (χ0) is 11.6. The van der Waals surface area contributed by atoms with Crippen LogP contribution in [0.1, 0.15) is 46.0 Å². The molecule has 0 bridgehead atoms. The summed E-state index contributed by atoms with van der Waals surface area (Å²) in [5.41, 5.74) is 1.54. The maximum Gasteiger partial charge on any atom is 0.252 e. The highest BCUT2D eigenvalue weighted by Gasteiger charge is 2.14. The summed E-state index contributed by atoms with van der Waals surface area (Å²) in [6, 6.07) is 4.63. The van der Waals surface area contributed by atoms with E-state index >= 15 is 0 Å². The third-order valence-corrected chi connectivity index (χ3v) is 2.53. The van der Waals surface area contributed by atoms with E-state index in [0.717, 1.165) is 5.56 Å². The van der Waals surface area contributed by atoms with Crippen LogP contribution in [0.25, 0.3) is 0 Å². The fraction of sp³-hybridized carbons (Fsp3) is 0.273. The molecule has 80 valence electrons. The quantitative estimate of drug-likeness (QED) is 0.763. The minimum atomic E-state index is -0.537. The average molecular weight is 245 g/mol. The molecule has 1 aromatic rings. The molecule has 0 aromatic heterocycles. The van der Waals surface area contributed by atoms with Crippen LogP contribution in [0.3, 0.4) is 0 Å². The van der Waals surface area contributed by atoms with Crippen LogP contribution in [0, 0.1) is 0 Å². The summed E-state index contributed by atoms with van der Waals surface area (Å²) < 4.78 is 0. The molecule has 1 rings (SSSR count). The van der Waals surface area contributed by atoms with Crippen LogP contribution in [-0.4, -0.2) is 10.5 Å². The SMILES string of the molecule is CC(C)c1cc(C(=O)Cl)ccc1C(=O)Cl. The lowest BCUT2D eigenvalue weighted by molar-refractivity contribution is 0.106. The van der Waals surface area contributed by atoms with Crippen LogP contribution >= 0.6 is 23.2 Å². The Hall–Kier alpha value is -0.860. The van der Waals surface area contributed by atoms with Crippen molar-refractivity contribution in [1.29, 1.82) is 0 Å². The number of halogens is 2. The van der Waals surface area contributed by atoms with Crippen molar-refractivity contribution in [3.63, 3.8) is 0 Å². The molecule has 0 radical (unpaired) electrons. The van der Waals surface area contributed by atoms with E-state index in [0.29, 0.717) is 11.1 Å². The molecule has 0 aliphatic carbocycles. The van der Waals surface area contributed by atoms with Crippen molar-refractivity contribution in [1.82, 2.24) is 0 Å². The fourth-order valence-corrected chi connectivity index (χ4v) is 1.63. The van der Waals surface area contributed by atoms with Gasteiger partial charge in [-0.05, 0) is 52.9 Å². The molecule has 0 unspecified atom stereocenters. The molecule has 0 N–H and O–H groups in total. The van der Waals surface area contributed by atoms with E-state index in [1.54, 1.807) is 6.07 Å². The lowest BCUT2D eigenvalue weighted by atomic mass is 9.96. The predicted molar refractivity (Wildman–Crippen MR) is 60.9 cm³/mol. The second-order valence-electron chi connectivity index (χ2n) is 3.50. The highest BCUT2D eigenvalue weighted by Crippen LogP contribution is 2.23. The van der Waals surface area contributed by atoms with E-state index in [2.05, 4.69) is 0 Å². The third kappa shape index (κ3) is 2.80. The van der Waals surface area contributed by atoms with Gasteiger partial charge < -0.3 is 0 Å². The molecule has 0 aliphatic rings. The van der Waals surface area contributed by atoms with Crippen molar-refractivity contribution in [2.75, 3.05) is 0 Å². The Labute approximate surface area is 98.2 Å². The molecule has 0 spiro atoms. The second-order valence-corrected chi connectivity index (χ2v) is 4.19. The van der Waals surface area contributed by atoms with Crippen LogP contribution in [0.5, 0.6) is 0 Å². The van der Waals surface area contributed by atoms with Crippen molar-refractivity contribution in [2.45, 2.75) is 19.8 Å². The van der Waals surface area contributed by atoms with E-state index < -0.39 is 10.5 Å². The number of hydrogen-bond acceptors (Lipinski definition) is 2. The van der Waals surface area contributed by atoms with E-state index in [1.807, 2.05) is 13.8 Å². The van der Waals surface area contributed by atoms with Gasteiger partial charge in [-0.15, -0.1) is 0 Å². The van der Waals surface area contributed by atoms with Crippen molar-refractivity contribution in [2.24, 2.45) is 0 Å². The van der Waals surface area contributed by atoms with Gasteiger partial charge in [0.15, 0.2) is 0 Å². The van der Waals surface area contributed by atoms with Gasteiger partial charge in [0, 0.05) is 11.1 Å². The van der Waals surface area contributed by atoms with Crippen molar-refractivity contribution >= 4 is 33.7 Å². The van der Waals surface area contributed by atoms with Crippen LogP contribution in [-0.2, 0) is 0 Å². The van der Waals surface area contributed by atoms with E-state index in [-0.39, 0.29) is 5.92 Å². The maximum atomic E-state index is 11.1. The first-order chi connectivity index (χ1) is 6.93. The van der Waals surface area contributed by atoms with Crippen LogP contribution < -0.4 is 0 Å². The summed E-state index contributed by atoms with van der Waals surface area (Å²) in [5.74, 6) is 0.110. The zero-order valence-corrected chi connectivity index (χ0v) is 9.89. The predicted octanol–water partition coefficient (Wildman–Crippen LogP) is 3.57. The summed E-state index contributed by atoms with van der Waals surface area (Å²) in [5, 5.41) is -1.06. The first-order valence-electron chi connectivity index (χ1n) is 4.47. The first-order valence-corrected chi connectivity index (χ1v) is 5.22. The number of carbonyl (C=O) groups is 2. The summed E-state index contributed by atoms with van der Waals surface area (Å²) in [6.45, 7) is 3.84. The largest absolute Gasteiger partial charge is 0.276 e. The molecule has 4 heteroatoms. The van der Waals surface area contributed by atoms with Gasteiger partial charge in [-0.25, -0.2) is 0 Å². The highest BCUT2D eigenvalue weighted by molar-refractivity contribution is 6.68. The maximum absolute atomic E-state index is 11.1. The third-order valence-electron chi connectivity index (χ3n) is 2.11. The Balaban J connectivity index is 3.33. The van der Waals surface area contributed by atoms with Gasteiger partial charge in [-0.2, -0.15) is 0 Å². The monoisotopic (exact) mass is 244 g/mol. The molecule has 0 saturated heterocycles. The zero-order valence-electron chi connectivity index (χ0n) is 8.38. The molecule has 0 saturated carbocycles. The molecule has 0 heterocycles. The number of hydrogen-bond donors (Lipinski definition) is 0. The normalized spacial score (nSPS) is 10.5. The molecule has 0 aliphatic heterocycles. The Morgan fingerprint density at radius 2 is 1.73 bits per heavy atom. The smallest absolute Gasteiger partial charge is 0.252 e. The van der Waals surface area contributed by atoms with Gasteiger partial charge in [0.1, 0.15) is 0 Å². The van der Waals surface area contributed by atoms with Crippen molar-refractivity contribution < 1.29 is 9.59 Å². The van der Waals surface area contributed by atoms with Gasteiger partial charge in [-0.3, -0.25) is 9.59 Å². The van der Waals surface area contributed by atoms with Crippen molar-refractivity contribution in [3.05, 3.63) is 34.9 Å². The van der Waals surface area contributed by atoms with Gasteiger partial charge >= 0.3 is 0 Å². The molecule has 1 aromatic carbocycles. The minimum absolute atomic E-state index is 0.110. The first kappa shape index (κ1) is 12.2. The average Bonchev–Trinajstić information content (AvgIpc) is 2.16. The van der Waals surface area contributed by atoms with Crippen LogP contribution in [0.2, 0.25) is 0 Å². The number of rotatable bonds is 3. The molecule has 0 fully saturated rings. The van der Waals surface area contributed by atoms with Gasteiger partial charge in [-0.1, -0.05) is 13.8 Å². The topological polar surface area (TPSA) is 34.1 Å². The summed E-state index contributed by atoms with van der Waals surface area (Å²) in [4.78, 5) is 22.0. The van der Waals surface area contributed by atoms with Crippen LogP contribution in [0.4, 0.5) is 0 Å². The Kier molecular flexibility index (Phi) is 3.89. The second kappa shape index (κ2) is 4.77. The standard InChI is InChI=1S/C11H10Cl2O2/c1-6(2)9-5-7(10(12)14)3-4-8(9)11(13)15/h3-6H,1-2H3. The van der Waals surface area contributed by atoms with Gasteiger partial charge in [0.05, 0.1) is 0 Å². The molecule has 0 amide bonds. The van der Waals surface area contributed by atoms with E-state index in [9.17, 15) is 9.59 Å². The van der Waals surface area contributed by atoms with Gasteiger partial charge in [0.2, 0.25) is 0 Å². The molecule has 0 atom stereocenters. The molecule has 2 nitrogen and oxygen atoms in total. The lowest BCUT2D eigenvalue weighted by Crippen LogP contribution is -2.02. The fourth-order valence-electron chi connectivity index (χ4n) is 1.34. The number of carbonyl (C=O) groups excluding carboxylic acids is 2. The molecular formula is C11H10Cl2O2. The minimum Gasteiger partial charge on any atom is -0.276 e. The van der Waals surface area contributed by atoms with E-state index in [4.69, 9.17) is 23.2 Å². The molecular weight excluding hydrogens is 235 g/mol. The lowest BCUT2D eigenvalue weighted by Gasteiger charge is -2.10. The summed E-state index contributed by atoms with van der Waals surface area (Å²) >= 11 is 10.8. The highest BCUT2D eigenvalue weighted by atomic mass is 35.5. The molecule has 15 heavy (non-hydrogen) atoms. The van der Waals surface area contributed by atoms with Crippen LogP contribution in [0.15, 0.2) is 18.2 Å². The summed E-state index contributed by atoms with van der Waals surface area (Å²) in [6.07, 6.45) is 0. The summed E-state index contributed by atoms with van der Waals surface area (Å²) in [7, 11) is 0. The Bertz CT molecular complexity index is 411. The van der Waals surface area contributed by atoms with E-state index in [1.165, 1.54) is 12.1 Å². The number of benzene rings is 1. The van der Waals surface area contributed by atoms with Gasteiger partial charge in [0.25, 0.3) is 10.5 Å². The Morgan fingerprint density at radius 3 is 2.13 bits per heavy atom. The Morgan fingerprint density at radius 1 is 1.13 bits per heavy atom. The van der Waals surface area contributed by atoms with Crippen molar-refractivity contribution in [3.8, 4) is 0 Å².